The van der Waals surface area contributed by atoms with Crippen LogP contribution in [0.1, 0.15) is 28.2 Å². The molecule has 0 fully saturated rings. The number of carbonyl (C=O) groups excluding carboxylic acids is 1. The summed E-state index contributed by atoms with van der Waals surface area (Å²) in [5.41, 5.74) is -0.349. The van der Waals surface area contributed by atoms with Gasteiger partial charge in [0.2, 0.25) is 0 Å². The van der Waals surface area contributed by atoms with Gasteiger partial charge in [0.15, 0.2) is 12.1 Å². The molecule has 0 aromatic carbocycles. The van der Waals surface area contributed by atoms with E-state index in [4.69, 9.17) is 11.6 Å². The molecule has 0 radical (unpaired) electrons. The zero-order valence-electron chi connectivity index (χ0n) is 9.14. The van der Waals surface area contributed by atoms with Crippen molar-refractivity contribution in [2.75, 3.05) is 0 Å². The second kappa shape index (κ2) is 4.77. The van der Waals surface area contributed by atoms with Crippen molar-refractivity contribution in [3.05, 3.63) is 34.2 Å². The normalized spacial score (nSPS) is 10.9. The molecular formula is C10H7ClF2N4O. The third-order valence-corrected chi connectivity index (χ3v) is 2.58. The van der Waals surface area contributed by atoms with E-state index in [9.17, 15) is 13.6 Å². The first kappa shape index (κ1) is 12.6. The Balaban J connectivity index is 2.58. The monoisotopic (exact) mass is 272 g/mol. The molecule has 18 heavy (non-hydrogen) atoms. The molecule has 0 bridgehead atoms. The summed E-state index contributed by atoms with van der Waals surface area (Å²) in [5, 5.41) is 10.9. The Labute approximate surface area is 105 Å². The van der Waals surface area contributed by atoms with E-state index in [0.29, 0.717) is 5.69 Å². The zero-order valence-corrected chi connectivity index (χ0v) is 9.90. The van der Waals surface area contributed by atoms with Crippen molar-refractivity contribution in [2.45, 2.75) is 13.3 Å². The van der Waals surface area contributed by atoms with Crippen LogP contribution in [0.25, 0.3) is 5.82 Å². The van der Waals surface area contributed by atoms with E-state index in [-0.39, 0.29) is 22.8 Å². The van der Waals surface area contributed by atoms with E-state index in [1.165, 1.54) is 6.07 Å². The van der Waals surface area contributed by atoms with Gasteiger partial charge >= 0.3 is 0 Å². The SMILES string of the molecule is Cc1ccc(-n2nc(C(F)F)c(C=O)c2Cl)nn1. The number of nitrogens with zero attached hydrogens (tertiary/aromatic N) is 4. The van der Waals surface area contributed by atoms with Crippen molar-refractivity contribution in [1.82, 2.24) is 20.0 Å². The van der Waals surface area contributed by atoms with Crippen LogP contribution in [0.4, 0.5) is 8.78 Å². The minimum Gasteiger partial charge on any atom is -0.298 e. The van der Waals surface area contributed by atoms with E-state index < -0.39 is 12.1 Å². The highest BCUT2D eigenvalue weighted by Gasteiger charge is 2.23. The molecule has 0 saturated carbocycles. The van der Waals surface area contributed by atoms with E-state index in [0.717, 1.165) is 4.68 Å². The van der Waals surface area contributed by atoms with Gasteiger partial charge in [-0.1, -0.05) is 11.6 Å². The summed E-state index contributed by atoms with van der Waals surface area (Å²) in [6.07, 6.45) is -2.64. The molecule has 94 valence electrons. The molecule has 0 spiro atoms. The van der Waals surface area contributed by atoms with Crippen LogP contribution >= 0.6 is 11.6 Å². The number of alkyl halides is 2. The van der Waals surface area contributed by atoms with Gasteiger partial charge in [0, 0.05) is 0 Å². The number of aryl methyl sites for hydroxylation is 1. The molecule has 0 atom stereocenters. The maximum Gasteiger partial charge on any atom is 0.282 e. The van der Waals surface area contributed by atoms with E-state index in [1.807, 2.05) is 0 Å². The summed E-state index contributed by atoms with van der Waals surface area (Å²) in [7, 11) is 0. The second-order valence-electron chi connectivity index (χ2n) is 3.45. The number of hydrogen-bond donors (Lipinski definition) is 0. The van der Waals surface area contributed by atoms with Gasteiger partial charge in [-0.2, -0.15) is 10.2 Å². The first-order valence-corrected chi connectivity index (χ1v) is 5.25. The molecule has 2 aromatic heterocycles. The maximum absolute atomic E-state index is 12.7. The standard InChI is InChI=1S/C10H7ClF2N4O/c1-5-2-3-7(15-14-5)17-9(11)6(4-18)8(16-17)10(12)13/h2-4,10H,1H3. The van der Waals surface area contributed by atoms with Crippen molar-refractivity contribution in [2.24, 2.45) is 0 Å². The highest BCUT2D eigenvalue weighted by atomic mass is 35.5. The molecule has 0 saturated heterocycles. The van der Waals surface area contributed by atoms with Crippen LogP contribution in [0, 0.1) is 6.92 Å². The van der Waals surface area contributed by atoms with Gasteiger partial charge in [-0.25, -0.2) is 13.5 Å². The minimum absolute atomic E-state index is 0.167. The molecule has 0 unspecified atom stereocenters. The maximum atomic E-state index is 12.7. The van der Waals surface area contributed by atoms with E-state index >= 15 is 0 Å². The van der Waals surface area contributed by atoms with E-state index in [1.54, 1.807) is 13.0 Å². The number of aldehydes is 1. The van der Waals surface area contributed by atoms with Crippen LogP contribution in [0.5, 0.6) is 0 Å². The van der Waals surface area contributed by atoms with Crippen LogP contribution in [-0.4, -0.2) is 26.3 Å². The summed E-state index contributed by atoms with van der Waals surface area (Å²) in [4.78, 5) is 10.7. The Morgan fingerprint density at radius 1 is 1.39 bits per heavy atom. The van der Waals surface area contributed by atoms with Crippen LogP contribution in [0.2, 0.25) is 5.15 Å². The predicted molar refractivity (Wildman–Crippen MR) is 59.2 cm³/mol. The fourth-order valence-electron chi connectivity index (χ4n) is 1.35. The lowest BCUT2D eigenvalue weighted by atomic mass is 10.3. The molecule has 8 heteroatoms. The van der Waals surface area contributed by atoms with Gasteiger partial charge < -0.3 is 0 Å². The van der Waals surface area contributed by atoms with Gasteiger partial charge in [0.05, 0.1) is 11.3 Å². The Kier molecular flexibility index (Phi) is 3.33. The van der Waals surface area contributed by atoms with Crippen molar-refractivity contribution >= 4 is 17.9 Å². The van der Waals surface area contributed by atoms with Crippen molar-refractivity contribution in [3.63, 3.8) is 0 Å². The third kappa shape index (κ3) is 2.08. The molecule has 2 aromatic rings. The fourth-order valence-corrected chi connectivity index (χ4v) is 1.62. The number of rotatable bonds is 3. The van der Waals surface area contributed by atoms with Gasteiger partial charge in [0.1, 0.15) is 10.8 Å². The topological polar surface area (TPSA) is 60.7 Å². The first-order valence-electron chi connectivity index (χ1n) is 4.87. The van der Waals surface area contributed by atoms with Gasteiger partial charge in [0.25, 0.3) is 6.43 Å². The predicted octanol–water partition coefficient (Wildman–Crippen LogP) is 2.37. The van der Waals surface area contributed by atoms with Crippen molar-refractivity contribution in [1.29, 1.82) is 0 Å². The largest absolute Gasteiger partial charge is 0.298 e. The number of aromatic nitrogens is 4. The molecule has 5 nitrogen and oxygen atoms in total. The van der Waals surface area contributed by atoms with Crippen LogP contribution < -0.4 is 0 Å². The number of carbonyl (C=O) groups is 1. The Hall–Kier alpha value is -1.89. The molecular weight excluding hydrogens is 266 g/mol. The highest BCUT2D eigenvalue weighted by molar-refractivity contribution is 6.32. The molecule has 0 amide bonds. The Morgan fingerprint density at radius 3 is 2.56 bits per heavy atom. The van der Waals surface area contributed by atoms with Crippen molar-refractivity contribution < 1.29 is 13.6 Å². The average molecular weight is 273 g/mol. The van der Waals surface area contributed by atoms with Gasteiger partial charge in [-0.3, -0.25) is 4.79 Å². The van der Waals surface area contributed by atoms with Crippen LogP contribution in [-0.2, 0) is 0 Å². The first-order chi connectivity index (χ1) is 8.54. The van der Waals surface area contributed by atoms with Crippen LogP contribution in [0.15, 0.2) is 12.1 Å². The van der Waals surface area contributed by atoms with Crippen molar-refractivity contribution in [3.8, 4) is 5.82 Å². The zero-order chi connectivity index (χ0) is 13.3. The quantitative estimate of drug-likeness (QED) is 0.805. The summed E-state index contributed by atoms with van der Waals surface area (Å²) in [6.45, 7) is 1.73. The fraction of sp³-hybridized carbons (Fsp3) is 0.200. The lowest BCUT2D eigenvalue weighted by Gasteiger charge is -2.00. The lowest BCUT2D eigenvalue weighted by molar-refractivity contribution is 0.110. The molecule has 0 aliphatic heterocycles. The molecule has 0 N–H and O–H groups in total. The summed E-state index contributed by atoms with van der Waals surface area (Å²) in [6, 6.07) is 3.15. The third-order valence-electron chi connectivity index (χ3n) is 2.22. The van der Waals surface area contributed by atoms with Crippen LogP contribution in [0.3, 0.4) is 0 Å². The molecule has 2 heterocycles. The summed E-state index contributed by atoms with van der Waals surface area (Å²) < 4.78 is 26.3. The number of halogens is 3. The molecule has 0 aliphatic rings. The summed E-state index contributed by atoms with van der Waals surface area (Å²) in [5.74, 6) is 0.167. The minimum atomic E-state index is -2.89. The van der Waals surface area contributed by atoms with Gasteiger partial charge in [-0.15, -0.1) is 5.10 Å². The molecule has 0 aliphatic carbocycles. The smallest absolute Gasteiger partial charge is 0.282 e. The Bertz CT molecular complexity index is 582. The highest BCUT2D eigenvalue weighted by Crippen LogP contribution is 2.27. The number of hydrogen-bond acceptors (Lipinski definition) is 4. The second-order valence-corrected chi connectivity index (χ2v) is 3.81. The Morgan fingerprint density at radius 2 is 2.11 bits per heavy atom. The average Bonchev–Trinajstić information content (AvgIpc) is 2.67. The summed E-state index contributed by atoms with van der Waals surface area (Å²) >= 11 is 5.82. The lowest BCUT2D eigenvalue weighted by Crippen LogP contribution is -2.02. The van der Waals surface area contributed by atoms with E-state index in [2.05, 4.69) is 15.3 Å². The molecule has 2 rings (SSSR count). The van der Waals surface area contributed by atoms with Gasteiger partial charge in [-0.05, 0) is 19.1 Å².